The number of nitrogens with two attached hydrogens (primary N) is 1. The van der Waals surface area contributed by atoms with Crippen LogP contribution in [0.2, 0.25) is 0 Å². The van der Waals surface area contributed by atoms with Crippen LogP contribution in [0.3, 0.4) is 0 Å². The minimum Gasteiger partial charge on any atom is -0.397 e. The average Bonchev–Trinajstić information content (AvgIpc) is 2.20. The van der Waals surface area contributed by atoms with Crippen LogP contribution in [0.15, 0.2) is 18.2 Å². The van der Waals surface area contributed by atoms with Crippen LogP contribution in [-0.4, -0.2) is 6.54 Å². The van der Waals surface area contributed by atoms with E-state index in [-0.39, 0.29) is 0 Å². The molecule has 0 heterocycles. The molecule has 0 aliphatic carbocycles. The highest BCUT2D eigenvalue weighted by atomic mass is 127. The Bertz CT molecular complexity index is 300. The van der Waals surface area contributed by atoms with Crippen LogP contribution in [0.4, 0.5) is 11.4 Å². The van der Waals surface area contributed by atoms with Crippen molar-refractivity contribution in [2.45, 2.75) is 32.6 Å². The third kappa shape index (κ3) is 4.73. The summed E-state index contributed by atoms with van der Waals surface area (Å²) in [4.78, 5) is 0. The van der Waals surface area contributed by atoms with Gasteiger partial charge in [0.1, 0.15) is 0 Å². The smallest absolute Gasteiger partial charge is 0.0574 e. The molecule has 0 aromatic heterocycles. The van der Waals surface area contributed by atoms with Gasteiger partial charge in [0, 0.05) is 10.1 Å². The standard InChI is InChI=1S/C12H19IN2/c1-2-3-4-5-8-15-12-7-6-10(13)9-11(12)14/h6-7,9,15H,2-5,8,14H2,1H3. The van der Waals surface area contributed by atoms with Crippen LogP contribution in [0.1, 0.15) is 32.6 Å². The van der Waals surface area contributed by atoms with Gasteiger partial charge in [0.05, 0.1) is 11.4 Å². The molecule has 1 aromatic rings. The maximum atomic E-state index is 5.89. The van der Waals surface area contributed by atoms with E-state index in [9.17, 15) is 0 Å². The zero-order chi connectivity index (χ0) is 11.1. The van der Waals surface area contributed by atoms with Gasteiger partial charge in [-0.05, 0) is 47.2 Å². The van der Waals surface area contributed by atoms with Crippen molar-refractivity contribution in [2.75, 3.05) is 17.6 Å². The molecule has 1 rings (SSSR count). The van der Waals surface area contributed by atoms with Gasteiger partial charge in [0.25, 0.3) is 0 Å². The van der Waals surface area contributed by atoms with E-state index in [2.05, 4.69) is 47.0 Å². The van der Waals surface area contributed by atoms with Crippen molar-refractivity contribution in [1.82, 2.24) is 0 Å². The molecule has 1 aromatic carbocycles. The topological polar surface area (TPSA) is 38.0 Å². The van der Waals surface area contributed by atoms with Gasteiger partial charge in [-0.1, -0.05) is 26.2 Å². The molecule has 0 fully saturated rings. The van der Waals surface area contributed by atoms with Crippen LogP contribution in [0.5, 0.6) is 0 Å². The number of benzene rings is 1. The zero-order valence-corrected chi connectivity index (χ0v) is 11.4. The average molecular weight is 318 g/mol. The molecule has 3 heteroatoms. The molecule has 3 N–H and O–H groups in total. The van der Waals surface area contributed by atoms with Gasteiger partial charge in [-0.3, -0.25) is 0 Å². The molecule has 0 atom stereocenters. The Morgan fingerprint density at radius 3 is 2.73 bits per heavy atom. The lowest BCUT2D eigenvalue weighted by atomic mass is 10.2. The Labute approximate surface area is 106 Å². The largest absolute Gasteiger partial charge is 0.397 e. The normalized spacial score (nSPS) is 10.3. The summed E-state index contributed by atoms with van der Waals surface area (Å²) in [5.41, 5.74) is 7.80. The Morgan fingerprint density at radius 1 is 1.27 bits per heavy atom. The highest BCUT2D eigenvalue weighted by molar-refractivity contribution is 14.1. The summed E-state index contributed by atoms with van der Waals surface area (Å²) in [6.07, 6.45) is 5.13. The number of unbranched alkanes of at least 4 members (excludes halogenated alkanes) is 3. The van der Waals surface area contributed by atoms with E-state index < -0.39 is 0 Å². The molecule has 0 radical (unpaired) electrons. The second kappa shape index (κ2) is 6.93. The lowest BCUT2D eigenvalue weighted by molar-refractivity contribution is 0.685. The van der Waals surface area contributed by atoms with Crippen LogP contribution in [-0.2, 0) is 0 Å². The minimum absolute atomic E-state index is 0.845. The number of rotatable bonds is 6. The molecular weight excluding hydrogens is 299 g/mol. The molecule has 0 aliphatic heterocycles. The van der Waals surface area contributed by atoms with Crippen LogP contribution < -0.4 is 11.1 Å². The first-order valence-electron chi connectivity index (χ1n) is 5.53. The van der Waals surface area contributed by atoms with Gasteiger partial charge in [0.15, 0.2) is 0 Å². The first kappa shape index (κ1) is 12.6. The molecule has 0 amide bonds. The van der Waals surface area contributed by atoms with Crippen molar-refractivity contribution < 1.29 is 0 Å². The van der Waals surface area contributed by atoms with E-state index in [0.717, 1.165) is 17.9 Å². The van der Waals surface area contributed by atoms with E-state index >= 15 is 0 Å². The third-order valence-electron chi connectivity index (χ3n) is 2.36. The maximum absolute atomic E-state index is 5.89. The summed E-state index contributed by atoms with van der Waals surface area (Å²) >= 11 is 2.27. The summed E-state index contributed by atoms with van der Waals surface area (Å²) in [5.74, 6) is 0. The predicted molar refractivity (Wildman–Crippen MR) is 76.2 cm³/mol. The highest BCUT2D eigenvalue weighted by Gasteiger charge is 1.98. The maximum Gasteiger partial charge on any atom is 0.0574 e. The monoisotopic (exact) mass is 318 g/mol. The Hall–Kier alpha value is -0.450. The Balaban J connectivity index is 2.31. The van der Waals surface area contributed by atoms with Gasteiger partial charge in [0.2, 0.25) is 0 Å². The summed E-state index contributed by atoms with van der Waals surface area (Å²) < 4.78 is 1.18. The molecule has 2 nitrogen and oxygen atoms in total. The summed E-state index contributed by atoms with van der Waals surface area (Å²) in [6.45, 7) is 3.25. The first-order chi connectivity index (χ1) is 7.24. The molecule has 0 unspecified atom stereocenters. The first-order valence-corrected chi connectivity index (χ1v) is 6.61. The second-order valence-corrected chi connectivity index (χ2v) is 4.96. The van der Waals surface area contributed by atoms with E-state index in [1.807, 2.05) is 6.07 Å². The summed E-state index contributed by atoms with van der Waals surface area (Å²) in [7, 11) is 0. The predicted octanol–water partition coefficient (Wildman–Crippen LogP) is 3.87. The Morgan fingerprint density at radius 2 is 2.07 bits per heavy atom. The quantitative estimate of drug-likeness (QED) is 0.475. The second-order valence-electron chi connectivity index (χ2n) is 3.72. The minimum atomic E-state index is 0.845. The van der Waals surface area contributed by atoms with Crippen LogP contribution in [0, 0.1) is 3.57 Å². The van der Waals surface area contributed by atoms with Gasteiger partial charge in [-0.15, -0.1) is 0 Å². The van der Waals surface area contributed by atoms with Crippen molar-refractivity contribution in [1.29, 1.82) is 0 Å². The lowest BCUT2D eigenvalue weighted by Crippen LogP contribution is -2.04. The summed E-state index contributed by atoms with van der Waals surface area (Å²) in [5, 5.41) is 3.37. The van der Waals surface area contributed by atoms with Gasteiger partial charge < -0.3 is 11.1 Å². The van der Waals surface area contributed by atoms with Crippen molar-refractivity contribution in [2.24, 2.45) is 0 Å². The van der Waals surface area contributed by atoms with Crippen molar-refractivity contribution in [3.63, 3.8) is 0 Å². The molecule has 84 valence electrons. The van der Waals surface area contributed by atoms with Crippen LogP contribution in [0.25, 0.3) is 0 Å². The van der Waals surface area contributed by atoms with Gasteiger partial charge in [-0.25, -0.2) is 0 Å². The lowest BCUT2D eigenvalue weighted by Gasteiger charge is -2.09. The van der Waals surface area contributed by atoms with E-state index in [1.54, 1.807) is 0 Å². The van der Waals surface area contributed by atoms with Gasteiger partial charge in [-0.2, -0.15) is 0 Å². The van der Waals surface area contributed by atoms with Crippen LogP contribution >= 0.6 is 22.6 Å². The van der Waals surface area contributed by atoms with Crippen molar-refractivity contribution >= 4 is 34.0 Å². The number of nitrogens with one attached hydrogen (secondary N) is 1. The fraction of sp³-hybridized carbons (Fsp3) is 0.500. The van der Waals surface area contributed by atoms with E-state index in [1.165, 1.54) is 29.3 Å². The number of halogens is 1. The molecule has 0 saturated heterocycles. The fourth-order valence-corrected chi connectivity index (χ4v) is 1.98. The third-order valence-corrected chi connectivity index (χ3v) is 3.03. The molecule has 0 spiro atoms. The highest BCUT2D eigenvalue weighted by Crippen LogP contribution is 2.20. The molecule has 15 heavy (non-hydrogen) atoms. The van der Waals surface area contributed by atoms with Gasteiger partial charge >= 0.3 is 0 Å². The number of anilines is 2. The zero-order valence-electron chi connectivity index (χ0n) is 9.22. The van der Waals surface area contributed by atoms with Crippen molar-refractivity contribution in [3.05, 3.63) is 21.8 Å². The van der Waals surface area contributed by atoms with Crippen molar-refractivity contribution in [3.8, 4) is 0 Å². The molecular formula is C12H19IN2. The van der Waals surface area contributed by atoms with E-state index in [0.29, 0.717) is 0 Å². The SMILES string of the molecule is CCCCCCNc1ccc(I)cc1N. The number of hydrogen-bond donors (Lipinski definition) is 2. The molecule has 0 aliphatic rings. The molecule has 0 saturated carbocycles. The number of hydrogen-bond acceptors (Lipinski definition) is 2. The van der Waals surface area contributed by atoms with E-state index in [4.69, 9.17) is 5.73 Å². The fourth-order valence-electron chi connectivity index (χ4n) is 1.47. The summed E-state index contributed by atoms with van der Waals surface area (Å²) in [6, 6.07) is 6.12. The number of nitrogen functional groups attached to an aromatic ring is 1. The Kier molecular flexibility index (Phi) is 5.83. The molecule has 0 bridgehead atoms.